The summed E-state index contributed by atoms with van der Waals surface area (Å²) in [5.74, 6) is 1.24. The van der Waals surface area contributed by atoms with Gasteiger partial charge in [0.1, 0.15) is 0 Å². The first kappa shape index (κ1) is 11.4. The van der Waals surface area contributed by atoms with Gasteiger partial charge in [0.2, 0.25) is 5.91 Å². The second-order valence-electron chi connectivity index (χ2n) is 8.06. The molecule has 1 amide bonds. The lowest BCUT2D eigenvalue weighted by Crippen LogP contribution is -2.76. The van der Waals surface area contributed by atoms with Gasteiger partial charge in [-0.15, -0.1) is 0 Å². The molecule has 104 valence electrons. The quantitative estimate of drug-likeness (QED) is 0.879. The topological polar surface area (TPSA) is 43.1 Å². The molecule has 4 saturated carbocycles. The zero-order chi connectivity index (χ0) is 13.8. The summed E-state index contributed by atoms with van der Waals surface area (Å²) in [4.78, 5) is 11.9. The van der Waals surface area contributed by atoms with E-state index in [2.05, 4.69) is 37.3 Å². The molecule has 1 spiro atoms. The molecule has 6 atom stereocenters. The minimum Gasteiger partial charge on any atom is -0.369 e. The first-order valence-electron chi connectivity index (χ1n) is 7.89. The Bertz CT molecular complexity index is 626. The molecule has 4 aliphatic carbocycles. The molecule has 0 saturated heterocycles. The molecule has 2 N–H and O–H groups in total. The van der Waals surface area contributed by atoms with Crippen molar-refractivity contribution >= 4 is 5.91 Å². The summed E-state index contributed by atoms with van der Waals surface area (Å²) in [5, 5.41) is 0. The van der Waals surface area contributed by atoms with Crippen LogP contribution in [0.15, 0.2) is 30.3 Å². The highest BCUT2D eigenvalue weighted by atomic mass is 16.1. The normalized spacial score (nSPS) is 54.0. The molecule has 0 heterocycles. The maximum absolute atomic E-state index is 11.9. The molecular formula is C18H21NO. The van der Waals surface area contributed by atoms with Crippen LogP contribution in [0.3, 0.4) is 0 Å². The average Bonchev–Trinajstić information content (AvgIpc) is 2.89. The molecule has 0 aliphatic heterocycles. The van der Waals surface area contributed by atoms with Crippen LogP contribution >= 0.6 is 0 Å². The predicted molar refractivity (Wildman–Crippen MR) is 76.8 cm³/mol. The van der Waals surface area contributed by atoms with Gasteiger partial charge in [-0.25, -0.2) is 0 Å². The first-order chi connectivity index (χ1) is 9.54. The van der Waals surface area contributed by atoms with Gasteiger partial charge in [-0.3, -0.25) is 4.79 Å². The maximum atomic E-state index is 11.9. The van der Waals surface area contributed by atoms with E-state index in [9.17, 15) is 4.79 Å². The van der Waals surface area contributed by atoms with Crippen molar-refractivity contribution in [1.29, 1.82) is 0 Å². The number of carbonyl (C=O) groups is 1. The second kappa shape index (κ2) is 2.98. The largest absolute Gasteiger partial charge is 0.369 e. The van der Waals surface area contributed by atoms with E-state index in [0.29, 0.717) is 28.1 Å². The number of carbonyl (C=O) groups excluding carboxylic acids is 1. The number of amides is 1. The summed E-state index contributed by atoms with van der Waals surface area (Å²) in [6.45, 7) is 2.45. The van der Waals surface area contributed by atoms with Crippen LogP contribution in [0, 0.1) is 28.6 Å². The molecule has 1 aromatic carbocycles. The maximum Gasteiger partial charge on any atom is 0.221 e. The molecule has 2 bridgehead atoms. The number of fused-ring (bicyclic) bond motifs is 1. The van der Waals surface area contributed by atoms with Gasteiger partial charge in [-0.05, 0) is 53.9 Å². The number of hydrogen-bond acceptors (Lipinski definition) is 1. The van der Waals surface area contributed by atoms with E-state index in [0.717, 1.165) is 0 Å². The zero-order valence-electron chi connectivity index (χ0n) is 11.9. The van der Waals surface area contributed by atoms with E-state index >= 15 is 0 Å². The van der Waals surface area contributed by atoms with E-state index in [1.54, 1.807) is 0 Å². The van der Waals surface area contributed by atoms with Crippen LogP contribution in [0.5, 0.6) is 0 Å². The Hall–Kier alpha value is -1.31. The lowest BCUT2D eigenvalue weighted by molar-refractivity contribution is -0.279. The smallest absolute Gasteiger partial charge is 0.221 e. The molecule has 0 radical (unpaired) electrons. The highest BCUT2D eigenvalue weighted by Crippen LogP contribution is 2.92. The van der Waals surface area contributed by atoms with Crippen LogP contribution in [0.2, 0.25) is 0 Å². The summed E-state index contributed by atoms with van der Waals surface area (Å²) >= 11 is 0. The summed E-state index contributed by atoms with van der Waals surface area (Å²) in [7, 11) is 0. The Morgan fingerprint density at radius 1 is 1.20 bits per heavy atom. The van der Waals surface area contributed by atoms with Gasteiger partial charge < -0.3 is 5.73 Å². The summed E-state index contributed by atoms with van der Waals surface area (Å²) < 4.78 is 0. The van der Waals surface area contributed by atoms with Gasteiger partial charge >= 0.3 is 0 Å². The Morgan fingerprint density at radius 3 is 2.60 bits per heavy atom. The second-order valence-corrected chi connectivity index (χ2v) is 8.06. The fourth-order valence-corrected chi connectivity index (χ4v) is 7.50. The summed E-state index contributed by atoms with van der Waals surface area (Å²) in [6, 6.07) is 11.1. The van der Waals surface area contributed by atoms with Gasteiger partial charge in [0, 0.05) is 11.3 Å². The molecule has 1 aromatic rings. The van der Waals surface area contributed by atoms with Crippen LogP contribution in [0.25, 0.3) is 0 Å². The number of benzene rings is 1. The SMILES string of the molecule is CC12CC3C(C(N)=O)C4CC(c5ccccc5)(C1)C32C4. The molecule has 4 aliphatic rings. The molecule has 2 nitrogen and oxygen atoms in total. The minimum atomic E-state index is -0.0347. The van der Waals surface area contributed by atoms with Gasteiger partial charge in [0.05, 0.1) is 0 Å². The van der Waals surface area contributed by atoms with Crippen LogP contribution in [0.1, 0.15) is 38.2 Å². The van der Waals surface area contributed by atoms with Crippen molar-refractivity contribution in [3.05, 3.63) is 35.9 Å². The summed E-state index contributed by atoms with van der Waals surface area (Å²) in [6.07, 6.45) is 4.99. The third kappa shape index (κ3) is 0.846. The third-order valence-electron chi connectivity index (χ3n) is 7.72. The van der Waals surface area contributed by atoms with Crippen molar-refractivity contribution in [3.8, 4) is 0 Å². The van der Waals surface area contributed by atoms with Crippen molar-refractivity contribution in [2.45, 2.75) is 38.0 Å². The van der Waals surface area contributed by atoms with E-state index in [-0.39, 0.29) is 11.8 Å². The third-order valence-corrected chi connectivity index (χ3v) is 7.72. The number of rotatable bonds is 2. The molecule has 6 unspecified atom stereocenters. The van der Waals surface area contributed by atoms with Gasteiger partial charge in [-0.2, -0.15) is 0 Å². The van der Waals surface area contributed by atoms with Gasteiger partial charge in [0.25, 0.3) is 0 Å². The molecule has 2 heteroatoms. The highest BCUT2D eigenvalue weighted by molar-refractivity contribution is 5.79. The Labute approximate surface area is 119 Å². The molecule has 0 aromatic heterocycles. The fourth-order valence-electron chi connectivity index (χ4n) is 7.50. The van der Waals surface area contributed by atoms with Crippen molar-refractivity contribution in [3.63, 3.8) is 0 Å². The molecule has 4 fully saturated rings. The number of nitrogens with two attached hydrogens (primary N) is 1. The fraction of sp³-hybridized carbons (Fsp3) is 0.611. The Morgan fingerprint density at radius 2 is 1.95 bits per heavy atom. The molecule has 5 rings (SSSR count). The van der Waals surface area contributed by atoms with Crippen molar-refractivity contribution in [1.82, 2.24) is 0 Å². The van der Waals surface area contributed by atoms with Crippen molar-refractivity contribution < 1.29 is 4.79 Å². The van der Waals surface area contributed by atoms with Gasteiger partial charge in [-0.1, -0.05) is 37.3 Å². The average molecular weight is 267 g/mol. The minimum absolute atomic E-state index is 0.0347. The van der Waals surface area contributed by atoms with E-state index < -0.39 is 0 Å². The van der Waals surface area contributed by atoms with Gasteiger partial charge in [0.15, 0.2) is 0 Å². The monoisotopic (exact) mass is 267 g/mol. The van der Waals surface area contributed by atoms with Crippen LogP contribution in [-0.4, -0.2) is 5.91 Å². The molecule has 20 heavy (non-hydrogen) atoms. The first-order valence-corrected chi connectivity index (χ1v) is 7.89. The van der Waals surface area contributed by atoms with E-state index in [1.807, 2.05) is 0 Å². The standard InChI is InChI=1S/C18H21NO/c1-16-9-13-14(15(19)20)11-7-17(10-16,18(13,16)8-11)12-5-3-2-4-6-12/h2-6,11,13-14H,7-10H2,1H3,(H2,19,20). The lowest BCUT2D eigenvalue weighted by Gasteiger charge is -2.80. The lowest BCUT2D eigenvalue weighted by atomic mass is 9.23. The Balaban J connectivity index is 1.66. The Kier molecular flexibility index (Phi) is 1.69. The van der Waals surface area contributed by atoms with Crippen molar-refractivity contribution in [2.24, 2.45) is 34.3 Å². The number of primary amides is 1. The number of hydrogen-bond donors (Lipinski definition) is 1. The van der Waals surface area contributed by atoms with Crippen LogP contribution in [0.4, 0.5) is 0 Å². The van der Waals surface area contributed by atoms with E-state index in [4.69, 9.17) is 5.73 Å². The van der Waals surface area contributed by atoms with Crippen LogP contribution in [-0.2, 0) is 10.2 Å². The van der Waals surface area contributed by atoms with Crippen LogP contribution < -0.4 is 5.73 Å². The molecular weight excluding hydrogens is 246 g/mol. The van der Waals surface area contributed by atoms with Crippen molar-refractivity contribution in [2.75, 3.05) is 0 Å². The van der Waals surface area contributed by atoms with E-state index in [1.165, 1.54) is 31.2 Å². The summed E-state index contributed by atoms with van der Waals surface area (Å²) in [5.41, 5.74) is 8.47. The highest BCUT2D eigenvalue weighted by Gasteiger charge is 2.88. The zero-order valence-corrected chi connectivity index (χ0v) is 11.9. The predicted octanol–water partition coefficient (Wildman–Crippen LogP) is 2.87.